The van der Waals surface area contributed by atoms with Crippen LogP contribution in [0.25, 0.3) is 11.3 Å². The smallest absolute Gasteiger partial charge is 0.233 e. The Morgan fingerprint density at radius 2 is 1.91 bits per heavy atom. The van der Waals surface area contributed by atoms with Crippen LogP contribution in [0.2, 0.25) is 0 Å². The molecule has 184 valence electrons. The number of benzene rings is 2. The van der Waals surface area contributed by atoms with Crippen LogP contribution in [0.5, 0.6) is 0 Å². The fourth-order valence-corrected chi connectivity index (χ4v) is 4.84. The third-order valence-corrected chi connectivity index (χ3v) is 6.71. The molecule has 5 rings (SSSR count). The SMILES string of the molecule is Cc1cccc(-c2noc(N3CCOCC3)c2CN(C[C@@H]2CCCO2)C(=O)Cc2ccccc2)c1. The van der Waals surface area contributed by atoms with Crippen molar-refractivity contribution in [2.24, 2.45) is 0 Å². The fraction of sp³-hybridized carbons (Fsp3) is 0.429. The Balaban J connectivity index is 1.48. The van der Waals surface area contributed by atoms with Crippen molar-refractivity contribution < 1.29 is 18.8 Å². The van der Waals surface area contributed by atoms with Crippen molar-refractivity contribution in [1.82, 2.24) is 10.1 Å². The van der Waals surface area contributed by atoms with Gasteiger partial charge in [0.2, 0.25) is 11.8 Å². The number of hydrogen-bond acceptors (Lipinski definition) is 6. The van der Waals surface area contributed by atoms with E-state index in [0.717, 1.165) is 66.4 Å². The van der Waals surface area contributed by atoms with Crippen molar-refractivity contribution in [2.45, 2.75) is 38.8 Å². The summed E-state index contributed by atoms with van der Waals surface area (Å²) >= 11 is 0. The molecule has 2 saturated heterocycles. The molecule has 1 aromatic heterocycles. The molecule has 2 aliphatic rings. The highest BCUT2D eigenvalue weighted by atomic mass is 16.5. The molecule has 7 nitrogen and oxygen atoms in total. The second-order valence-corrected chi connectivity index (χ2v) is 9.36. The minimum absolute atomic E-state index is 0.0591. The maximum absolute atomic E-state index is 13.6. The van der Waals surface area contributed by atoms with Gasteiger partial charge in [-0.25, -0.2) is 0 Å². The standard InChI is InChI=1S/C28H33N3O4/c1-21-7-5-10-23(17-21)27-25(28(35-29-27)30-12-15-33-16-13-30)20-31(19-24-11-6-14-34-24)26(32)18-22-8-3-2-4-9-22/h2-5,7-10,17,24H,6,11-16,18-20H2,1H3/t24-/m0/s1. The van der Waals surface area contributed by atoms with E-state index in [9.17, 15) is 4.79 Å². The zero-order valence-electron chi connectivity index (χ0n) is 20.3. The largest absolute Gasteiger partial charge is 0.378 e. The topological polar surface area (TPSA) is 68.0 Å². The van der Waals surface area contributed by atoms with Gasteiger partial charge in [0.05, 0.1) is 37.8 Å². The van der Waals surface area contributed by atoms with E-state index in [0.29, 0.717) is 32.7 Å². The molecule has 2 aliphatic heterocycles. The van der Waals surface area contributed by atoms with Gasteiger partial charge in [-0.2, -0.15) is 0 Å². The molecule has 2 aromatic carbocycles. The van der Waals surface area contributed by atoms with Crippen LogP contribution in [0, 0.1) is 6.92 Å². The van der Waals surface area contributed by atoms with E-state index < -0.39 is 0 Å². The Bertz CT molecular complexity index is 1120. The van der Waals surface area contributed by atoms with Gasteiger partial charge in [0.15, 0.2) is 0 Å². The second-order valence-electron chi connectivity index (χ2n) is 9.36. The maximum atomic E-state index is 13.6. The van der Waals surface area contributed by atoms with Crippen molar-refractivity contribution >= 4 is 11.8 Å². The minimum atomic E-state index is 0.0591. The second kappa shape index (κ2) is 11.1. The summed E-state index contributed by atoms with van der Waals surface area (Å²) in [5, 5.41) is 4.50. The van der Waals surface area contributed by atoms with Crippen molar-refractivity contribution in [3.05, 3.63) is 71.3 Å². The first-order valence-electron chi connectivity index (χ1n) is 12.5. The molecule has 1 amide bonds. The van der Waals surface area contributed by atoms with E-state index in [1.165, 1.54) is 0 Å². The number of hydrogen-bond donors (Lipinski definition) is 0. The minimum Gasteiger partial charge on any atom is -0.378 e. The van der Waals surface area contributed by atoms with Gasteiger partial charge < -0.3 is 23.8 Å². The Morgan fingerprint density at radius 1 is 1.09 bits per heavy atom. The molecule has 0 aliphatic carbocycles. The molecule has 7 heteroatoms. The number of nitrogens with zero attached hydrogens (tertiary/aromatic N) is 3. The number of carbonyl (C=O) groups is 1. The van der Waals surface area contributed by atoms with Gasteiger partial charge in [0.1, 0.15) is 5.69 Å². The van der Waals surface area contributed by atoms with Crippen LogP contribution < -0.4 is 4.90 Å². The summed E-state index contributed by atoms with van der Waals surface area (Å²) in [4.78, 5) is 17.7. The van der Waals surface area contributed by atoms with E-state index >= 15 is 0 Å². The molecular formula is C28H33N3O4. The van der Waals surface area contributed by atoms with Crippen molar-refractivity contribution in [1.29, 1.82) is 0 Å². The van der Waals surface area contributed by atoms with Gasteiger partial charge in [0, 0.05) is 31.8 Å². The van der Waals surface area contributed by atoms with E-state index in [4.69, 9.17) is 14.0 Å². The lowest BCUT2D eigenvalue weighted by Crippen LogP contribution is -2.39. The van der Waals surface area contributed by atoms with E-state index in [2.05, 4.69) is 29.1 Å². The highest BCUT2D eigenvalue weighted by molar-refractivity contribution is 5.79. The van der Waals surface area contributed by atoms with Crippen molar-refractivity contribution in [3.8, 4) is 11.3 Å². The van der Waals surface area contributed by atoms with Crippen LogP contribution in [0.3, 0.4) is 0 Å². The van der Waals surface area contributed by atoms with Crippen LogP contribution in [0.1, 0.15) is 29.5 Å². The molecule has 1 atom stereocenters. The molecule has 35 heavy (non-hydrogen) atoms. The predicted octanol–water partition coefficient (Wildman–Crippen LogP) is 4.24. The highest BCUT2D eigenvalue weighted by Crippen LogP contribution is 2.34. The van der Waals surface area contributed by atoms with Gasteiger partial charge in [-0.15, -0.1) is 0 Å². The number of carbonyl (C=O) groups excluding carboxylic acids is 1. The molecule has 2 fully saturated rings. The lowest BCUT2D eigenvalue weighted by molar-refractivity contribution is -0.132. The number of rotatable bonds is 8. The van der Waals surface area contributed by atoms with Crippen LogP contribution in [0.15, 0.2) is 59.1 Å². The summed E-state index contributed by atoms with van der Waals surface area (Å²) in [7, 11) is 0. The van der Waals surface area contributed by atoms with Gasteiger partial charge in [-0.05, 0) is 31.4 Å². The summed E-state index contributed by atoms with van der Waals surface area (Å²) in [6.07, 6.45) is 2.42. The van der Waals surface area contributed by atoms with Crippen LogP contribution in [0.4, 0.5) is 5.88 Å². The van der Waals surface area contributed by atoms with Gasteiger partial charge >= 0.3 is 0 Å². The number of aromatic nitrogens is 1. The third-order valence-electron chi connectivity index (χ3n) is 6.71. The number of morpholine rings is 1. The number of anilines is 1. The third kappa shape index (κ3) is 5.74. The summed E-state index contributed by atoms with van der Waals surface area (Å²) in [5.41, 5.74) is 4.89. The van der Waals surface area contributed by atoms with E-state index in [-0.39, 0.29) is 12.0 Å². The van der Waals surface area contributed by atoms with Gasteiger partial charge in [0.25, 0.3) is 0 Å². The Morgan fingerprint density at radius 3 is 2.66 bits per heavy atom. The van der Waals surface area contributed by atoms with E-state index in [1.54, 1.807) is 0 Å². The molecule has 0 unspecified atom stereocenters. The Labute approximate surface area is 206 Å². The number of ether oxygens (including phenoxy) is 2. The van der Waals surface area contributed by atoms with Gasteiger partial charge in [-0.3, -0.25) is 4.79 Å². The molecule has 0 spiro atoms. The first kappa shape index (κ1) is 23.6. The molecule has 0 saturated carbocycles. The van der Waals surface area contributed by atoms with Crippen molar-refractivity contribution in [3.63, 3.8) is 0 Å². The maximum Gasteiger partial charge on any atom is 0.233 e. The highest BCUT2D eigenvalue weighted by Gasteiger charge is 2.29. The van der Waals surface area contributed by atoms with Crippen LogP contribution in [-0.2, 0) is 27.2 Å². The first-order valence-corrected chi connectivity index (χ1v) is 12.5. The quantitative estimate of drug-likeness (QED) is 0.486. The average Bonchev–Trinajstić information content (AvgIpc) is 3.55. The fourth-order valence-electron chi connectivity index (χ4n) is 4.84. The molecule has 0 N–H and O–H groups in total. The average molecular weight is 476 g/mol. The van der Waals surface area contributed by atoms with Crippen LogP contribution >= 0.6 is 0 Å². The number of amides is 1. The van der Waals surface area contributed by atoms with Crippen LogP contribution in [-0.4, -0.2) is 61.5 Å². The zero-order chi connectivity index (χ0) is 24.0. The number of aryl methyl sites for hydroxylation is 1. The molecule has 0 bridgehead atoms. The molecular weight excluding hydrogens is 442 g/mol. The Hall–Kier alpha value is -3.16. The summed E-state index contributed by atoms with van der Waals surface area (Å²) < 4.78 is 17.4. The van der Waals surface area contributed by atoms with E-state index in [1.807, 2.05) is 47.4 Å². The Kier molecular flexibility index (Phi) is 7.45. The monoisotopic (exact) mass is 475 g/mol. The summed E-state index contributed by atoms with van der Waals surface area (Å²) in [6, 6.07) is 18.2. The summed E-state index contributed by atoms with van der Waals surface area (Å²) in [6.45, 7) is 6.57. The predicted molar refractivity (Wildman–Crippen MR) is 134 cm³/mol. The zero-order valence-corrected chi connectivity index (χ0v) is 20.3. The van der Waals surface area contributed by atoms with Gasteiger partial charge in [-0.1, -0.05) is 59.3 Å². The molecule has 3 aromatic rings. The lowest BCUT2D eigenvalue weighted by Gasteiger charge is -2.29. The first-order chi connectivity index (χ1) is 17.2. The normalized spacial score (nSPS) is 18.1. The molecule has 3 heterocycles. The lowest BCUT2D eigenvalue weighted by atomic mass is 10.0. The summed E-state index contributed by atoms with van der Waals surface area (Å²) in [5.74, 6) is 0.811. The van der Waals surface area contributed by atoms with Crippen molar-refractivity contribution in [2.75, 3.05) is 44.4 Å². The molecule has 0 radical (unpaired) electrons.